The average molecular weight is 485 g/mol. The molecule has 6 aromatic rings. The van der Waals surface area contributed by atoms with Crippen LogP contribution < -0.4 is 4.74 Å². The summed E-state index contributed by atoms with van der Waals surface area (Å²) < 4.78 is 10.1. The van der Waals surface area contributed by atoms with E-state index in [1.807, 2.05) is 84.2 Å². The highest BCUT2D eigenvalue weighted by atomic mass is 32.2. The normalized spacial score (nSPS) is 11.2. The maximum absolute atomic E-state index is 5.96. The van der Waals surface area contributed by atoms with E-state index in [0.717, 1.165) is 47.6 Å². The maximum Gasteiger partial charge on any atom is 0.203 e. The molecule has 3 heterocycles. The van der Waals surface area contributed by atoms with Crippen LogP contribution >= 0.6 is 34.4 Å². The molecule has 0 aliphatic rings. The summed E-state index contributed by atoms with van der Waals surface area (Å²) in [5.74, 6) is 2.39. The maximum atomic E-state index is 5.96. The van der Waals surface area contributed by atoms with Crippen LogP contribution in [0.4, 0.5) is 0 Å². The number of hydrogen-bond acceptors (Lipinski definition) is 7. The van der Waals surface area contributed by atoms with Crippen LogP contribution in [0.25, 0.3) is 26.6 Å². The molecule has 0 N–H and O–H groups in total. The highest BCUT2D eigenvalue weighted by Gasteiger charge is 2.19. The molecule has 0 saturated carbocycles. The number of nitrogens with zero attached hydrogens (tertiary/aromatic N) is 4. The summed E-state index contributed by atoms with van der Waals surface area (Å²) in [7, 11) is 0. The zero-order valence-corrected chi connectivity index (χ0v) is 19.6. The number of rotatable bonds is 6. The van der Waals surface area contributed by atoms with Crippen LogP contribution in [0.1, 0.15) is 0 Å². The molecule has 0 unspecified atom stereocenters. The minimum atomic E-state index is 0.772. The lowest BCUT2D eigenvalue weighted by Crippen LogP contribution is -1.99. The average Bonchev–Trinajstić information content (AvgIpc) is 3.60. The van der Waals surface area contributed by atoms with E-state index in [0.29, 0.717) is 0 Å². The van der Waals surface area contributed by atoms with Gasteiger partial charge in [-0.15, -0.1) is 32.9 Å². The van der Waals surface area contributed by atoms with Crippen molar-refractivity contribution in [3.05, 3.63) is 96.4 Å². The van der Waals surface area contributed by atoms with Gasteiger partial charge in [-0.05, 0) is 71.7 Å². The molecule has 33 heavy (non-hydrogen) atoms. The standard InChI is InChI=1S/C25H16N4OS3/c1-2-7-18(8-3-1)30-19-14-12-17(13-15-19)29-23(22-11-6-16-31-22)27-28-24(29)33-25-26-20-9-4-5-10-21(20)32-25/h1-16H. The molecule has 0 fully saturated rings. The van der Waals surface area contributed by atoms with Crippen molar-refractivity contribution in [3.8, 4) is 27.9 Å². The number of thiazole rings is 1. The summed E-state index contributed by atoms with van der Waals surface area (Å²) >= 11 is 4.83. The fourth-order valence-corrected chi connectivity index (χ4v) is 6.11. The third-order valence-electron chi connectivity index (χ3n) is 4.90. The summed E-state index contributed by atoms with van der Waals surface area (Å²) in [6, 6.07) is 30.0. The Kier molecular flexibility index (Phi) is 5.39. The number of benzene rings is 3. The summed E-state index contributed by atoms with van der Waals surface area (Å²) in [4.78, 5) is 5.82. The zero-order chi connectivity index (χ0) is 22.0. The first-order valence-corrected chi connectivity index (χ1v) is 12.7. The van der Waals surface area contributed by atoms with Crippen LogP contribution in [-0.2, 0) is 0 Å². The number of para-hydroxylation sites is 2. The van der Waals surface area contributed by atoms with Crippen LogP contribution in [-0.4, -0.2) is 19.7 Å². The minimum absolute atomic E-state index is 0.772. The minimum Gasteiger partial charge on any atom is -0.457 e. The highest BCUT2D eigenvalue weighted by molar-refractivity contribution is 8.01. The molecule has 0 atom stereocenters. The van der Waals surface area contributed by atoms with Crippen molar-refractivity contribution in [2.75, 3.05) is 0 Å². The fourth-order valence-electron chi connectivity index (χ4n) is 3.39. The van der Waals surface area contributed by atoms with E-state index in [1.54, 1.807) is 22.7 Å². The largest absolute Gasteiger partial charge is 0.457 e. The van der Waals surface area contributed by atoms with Crippen LogP contribution in [0, 0.1) is 0 Å². The second-order valence-corrected chi connectivity index (χ2v) is 10.3. The molecule has 0 aliphatic carbocycles. The molecule has 160 valence electrons. The van der Waals surface area contributed by atoms with Gasteiger partial charge in [0.1, 0.15) is 11.5 Å². The van der Waals surface area contributed by atoms with E-state index in [-0.39, 0.29) is 0 Å². The topological polar surface area (TPSA) is 52.8 Å². The van der Waals surface area contributed by atoms with Gasteiger partial charge in [0.25, 0.3) is 0 Å². The van der Waals surface area contributed by atoms with E-state index in [2.05, 4.69) is 26.9 Å². The van der Waals surface area contributed by atoms with E-state index in [1.165, 1.54) is 11.8 Å². The second-order valence-electron chi connectivity index (χ2n) is 7.08. The summed E-state index contributed by atoms with van der Waals surface area (Å²) in [5, 5.41) is 11.9. The van der Waals surface area contributed by atoms with Gasteiger partial charge in [0.15, 0.2) is 10.2 Å². The molecule has 5 nitrogen and oxygen atoms in total. The lowest BCUT2D eigenvalue weighted by molar-refractivity contribution is 0.482. The quantitative estimate of drug-likeness (QED) is 0.244. The Labute approximate surface area is 202 Å². The molecule has 3 aromatic heterocycles. The smallest absolute Gasteiger partial charge is 0.203 e. The third-order valence-corrected chi connectivity index (χ3v) is 7.81. The number of hydrogen-bond donors (Lipinski definition) is 0. The summed E-state index contributed by atoms with van der Waals surface area (Å²) in [5.41, 5.74) is 1.96. The van der Waals surface area contributed by atoms with Gasteiger partial charge in [0.05, 0.1) is 20.8 Å². The Morgan fingerprint density at radius 2 is 1.55 bits per heavy atom. The van der Waals surface area contributed by atoms with Crippen LogP contribution in [0.3, 0.4) is 0 Å². The number of fused-ring (bicyclic) bond motifs is 1. The SMILES string of the molecule is c1ccc(Oc2ccc(-n3c(Sc4nc5ccccc5s4)nnc3-c3cccs3)cc2)cc1. The molecule has 3 aromatic carbocycles. The van der Waals surface area contributed by atoms with Crippen LogP contribution in [0.5, 0.6) is 11.5 Å². The van der Waals surface area contributed by atoms with Crippen molar-refractivity contribution in [1.82, 2.24) is 19.7 Å². The van der Waals surface area contributed by atoms with Gasteiger partial charge in [-0.1, -0.05) is 36.4 Å². The van der Waals surface area contributed by atoms with Crippen LogP contribution in [0.15, 0.2) is 106 Å². The number of ether oxygens (including phenoxy) is 1. The van der Waals surface area contributed by atoms with E-state index in [4.69, 9.17) is 9.72 Å². The molecule has 8 heteroatoms. The Morgan fingerprint density at radius 1 is 0.758 bits per heavy atom. The van der Waals surface area contributed by atoms with E-state index < -0.39 is 0 Å². The van der Waals surface area contributed by atoms with Gasteiger partial charge in [-0.25, -0.2) is 4.98 Å². The Hall–Kier alpha value is -3.46. The monoisotopic (exact) mass is 484 g/mol. The molecule has 0 bridgehead atoms. The van der Waals surface area contributed by atoms with Crippen molar-refractivity contribution in [1.29, 1.82) is 0 Å². The van der Waals surface area contributed by atoms with Crippen molar-refractivity contribution >= 4 is 44.7 Å². The number of aromatic nitrogens is 4. The molecule has 0 amide bonds. The van der Waals surface area contributed by atoms with Crippen molar-refractivity contribution in [2.45, 2.75) is 9.50 Å². The number of thiophene rings is 1. The van der Waals surface area contributed by atoms with Gasteiger partial charge in [-0.3, -0.25) is 4.57 Å². The third kappa shape index (κ3) is 4.16. The Bertz CT molecular complexity index is 1470. The molecule has 0 aliphatic heterocycles. The lowest BCUT2D eigenvalue weighted by atomic mass is 10.3. The first-order chi connectivity index (χ1) is 16.3. The fraction of sp³-hybridized carbons (Fsp3) is 0. The Balaban J connectivity index is 1.37. The van der Waals surface area contributed by atoms with Gasteiger partial charge >= 0.3 is 0 Å². The van der Waals surface area contributed by atoms with Gasteiger partial charge < -0.3 is 4.74 Å². The van der Waals surface area contributed by atoms with Gasteiger partial charge in [-0.2, -0.15) is 0 Å². The lowest BCUT2D eigenvalue weighted by Gasteiger charge is -2.10. The van der Waals surface area contributed by atoms with Crippen molar-refractivity contribution < 1.29 is 4.74 Å². The van der Waals surface area contributed by atoms with Gasteiger partial charge in [0, 0.05) is 0 Å². The zero-order valence-electron chi connectivity index (χ0n) is 17.2. The van der Waals surface area contributed by atoms with Crippen molar-refractivity contribution in [3.63, 3.8) is 0 Å². The summed E-state index contributed by atoms with van der Waals surface area (Å²) in [6.07, 6.45) is 0. The van der Waals surface area contributed by atoms with E-state index >= 15 is 0 Å². The first kappa shape index (κ1) is 20.2. The molecular formula is C25H16N4OS3. The molecule has 0 radical (unpaired) electrons. The predicted octanol–water partition coefficient (Wildman–Crippen LogP) is 7.55. The van der Waals surface area contributed by atoms with Crippen molar-refractivity contribution in [2.24, 2.45) is 0 Å². The molecule has 6 rings (SSSR count). The van der Waals surface area contributed by atoms with E-state index in [9.17, 15) is 0 Å². The molecule has 0 saturated heterocycles. The molecular weight excluding hydrogens is 469 g/mol. The highest BCUT2D eigenvalue weighted by Crippen LogP contribution is 2.37. The van der Waals surface area contributed by atoms with Crippen LogP contribution in [0.2, 0.25) is 0 Å². The Morgan fingerprint density at radius 3 is 2.33 bits per heavy atom. The first-order valence-electron chi connectivity index (χ1n) is 10.2. The summed E-state index contributed by atoms with van der Waals surface area (Å²) in [6.45, 7) is 0. The molecule has 0 spiro atoms. The second kappa shape index (κ2) is 8.82. The van der Waals surface area contributed by atoms with Gasteiger partial charge in [0.2, 0.25) is 5.16 Å². The predicted molar refractivity (Wildman–Crippen MR) is 135 cm³/mol.